The number of carbonyl (C=O) groups excluding carboxylic acids is 1. The molecule has 0 fully saturated rings. The Kier molecular flexibility index (Phi) is 7.18. The number of carbonyl (C=O) groups is 1. The molecular weight excluding hydrogens is 307 g/mol. The third kappa shape index (κ3) is 5.91. The van der Waals surface area contributed by atoms with Crippen molar-refractivity contribution in [1.29, 1.82) is 0 Å². The standard InChI is InChI=1S/C11H15BrN2O2.ClH/c1-7(2)16-10-4-8(12)3-9(5-10)14-11(15)6-13;/h3-5,7H,6,13H2,1-2H3,(H,14,15);1H. The Hall–Kier alpha value is -0.780. The maximum Gasteiger partial charge on any atom is 0.238 e. The predicted octanol–water partition coefficient (Wildman–Crippen LogP) is 2.56. The molecule has 0 heterocycles. The Labute approximate surface area is 115 Å². The molecule has 0 atom stereocenters. The molecule has 0 radical (unpaired) electrons. The van der Waals surface area contributed by atoms with E-state index in [0.717, 1.165) is 4.47 Å². The number of rotatable bonds is 4. The van der Waals surface area contributed by atoms with Crippen molar-refractivity contribution in [3.8, 4) is 5.75 Å². The highest BCUT2D eigenvalue weighted by Crippen LogP contribution is 2.25. The lowest BCUT2D eigenvalue weighted by atomic mass is 10.3. The Morgan fingerprint density at radius 1 is 1.47 bits per heavy atom. The lowest BCUT2D eigenvalue weighted by Crippen LogP contribution is -2.21. The second kappa shape index (κ2) is 7.53. The number of nitrogens with one attached hydrogen (secondary N) is 1. The van der Waals surface area contributed by atoms with Crippen LogP contribution in [0.15, 0.2) is 22.7 Å². The van der Waals surface area contributed by atoms with Crippen LogP contribution in [0, 0.1) is 0 Å². The summed E-state index contributed by atoms with van der Waals surface area (Å²) >= 11 is 3.35. The fourth-order valence-electron chi connectivity index (χ4n) is 1.19. The summed E-state index contributed by atoms with van der Waals surface area (Å²) < 4.78 is 6.38. The fraction of sp³-hybridized carbons (Fsp3) is 0.364. The van der Waals surface area contributed by atoms with Gasteiger partial charge in [0.05, 0.1) is 12.6 Å². The van der Waals surface area contributed by atoms with Crippen molar-refractivity contribution in [3.63, 3.8) is 0 Å². The smallest absolute Gasteiger partial charge is 0.238 e. The molecule has 0 aromatic heterocycles. The van der Waals surface area contributed by atoms with Gasteiger partial charge in [-0.15, -0.1) is 12.4 Å². The summed E-state index contributed by atoms with van der Waals surface area (Å²) in [5.74, 6) is 0.477. The molecular formula is C11H16BrClN2O2. The molecule has 17 heavy (non-hydrogen) atoms. The minimum Gasteiger partial charge on any atom is -0.491 e. The highest BCUT2D eigenvalue weighted by atomic mass is 79.9. The van der Waals surface area contributed by atoms with E-state index >= 15 is 0 Å². The molecule has 0 saturated carbocycles. The van der Waals surface area contributed by atoms with Crippen LogP contribution >= 0.6 is 28.3 Å². The molecule has 1 aromatic rings. The number of ether oxygens (including phenoxy) is 1. The van der Waals surface area contributed by atoms with Gasteiger partial charge in [0.25, 0.3) is 0 Å². The zero-order valence-electron chi connectivity index (χ0n) is 9.70. The molecule has 4 nitrogen and oxygen atoms in total. The van der Waals surface area contributed by atoms with E-state index in [0.29, 0.717) is 11.4 Å². The second-order valence-corrected chi connectivity index (χ2v) is 4.51. The highest BCUT2D eigenvalue weighted by molar-refractivity contribution is 9.10. The molecule has 0 saturated heterocycles. The van der Waals surface area contributed by atoms with Gasteiger partial charge in [-0.25, -0.2) is 0 Å². The topological polar surface area (TPSA) is 64.3 Å². The normalized spacial score (nSPS) is 9.71. The summed E-state index contributed by atoms with van der Waals surface area (Å²) in [4.78, 5) is 11.1. The highest BCUT2D eigenvalue weighted by Gasteiger charge is 2.04. The molecule has 1 amide bonds. The lowest BCUT2D eigenvalue weighted by Gasteiger charge is -2.12. The van der Waals surface area contributed by atoms with E-state index in [1.807, 2.05) is 19.9 Å². The first kappa shape index (κ1) is 16.2. The lowest BCUT2D eigenvalue weighted by molar-refractivity contribution is -0.114. The Morgan fingerprint density at radius 3 is 2.65 bits per heavy atom. The molecule has 0 unspecified atom stereocenters. The van der Waals surface area contributed by atoms with Crippen molar-refractivity contribution in [3.05, 3.63) is 22.7 Å². The number of hydrogen-bond donors (Lipinski definition) is 2. The number of anilines is 1. The monoisotopic (exact) mass is 322 g/mol. The van der Waals surface area contributed by atoms with Crippen LogP contribution in [0.1, 0.15) is 13.8 Å². The summed E-state index contributed by atoms with van der Waals surface area (Å²) in [7, 11) is 0. The first-order chi connectivity index (χ1) is 7.51. The molecule has 0 aliphatic carbocycles. The average molecular weight is 324 g/mol. The van der Waals surface area contributed by atoms with Gasteiger partial charge in [-0.05, 0) is 26.0 Å². The number of halogens is 2. The number of amides is 1. The zero-order chi connectivity index (χ0) is 12.1. The third-order valence-electron chi connectivity index (χ3n) is 1.71. The van der Waals surface area contributed by atoms with Gasteiger partial charge >= 0.3 is 0 Å². The van der Waals surface area contributed by atoms with Crippen LogP contribution in [-0.2, 0) is 4.79 Å². The van der Waals surface area contributed by atoms with Crippen molar-refractivity contribution >= 4 is 39.9 Å². The van der Waals surface area contributed by atoms with E-state index in [1.165, 1.54) is 0 Å². The van der Waals surface area contributed by atoms with Crippen molar-refractivity contribution in [2.24, 2.45) is 5.73 Å². The molecule has 96 valence electrons. The van der Waals surface area contributed by atoms with Gasteiger partial charge in [0.2, 0.25) is 5.91 Å². The van der Waals surface area contributed by atoms with Crippen LogP contribution in [0.25, 0.3) is 0 Å². The minimum atomic E-state index is -0.228. The fourth-order valence-corrected chi connectivity index (χ4v) is 1.66. The maximum atomic E-state index is 11.1. The zero-order valence-corrected chi connectivity index (χ0v) is 12.1. The van der Waals surface area contributed by atoms with Crippen molar-refractivity contribution in [2.75, 3.05) is 11.9 Å². The summed E-state index contributed by atoms with van der Waals surface area (Å²) in [6.07, 6.45) is 0.0901. The van der Waals surface area contributed by atoms with Gasteiger partial charge < -0.3 is 15.8 Å². The van der Waals surface area contributed by atoms with Gasteiger partial charge in [0.1, 0.15) is 5.75 Å². The number of benzene rings is 1. The van der Waals surface area contributed by atoms with E-state index in [-0.39, 0.29) is 31.0 Å². The summed E-state index contributed by atoms with van der Waals surface area (Å²) in [6, 6.07) is 5.40. The van der Waals surface area contributed by atoms with Crippen LogP contribution in [0.3, 0.4) is 0 Å². The minimum absolute atomic E-state index is 0. The van der Waals surface area contributed by atoms with E-state index in [9.17, 15) is 4.79 Å². The van der Waals surface area contributed by atoms with Gasteiger partial charge in [0, 0.05) is 16.2 Å². The Bertz CT molecular complexity index is 386. The third-order valence-corrected chi connectivity index (χ3v) is 2.17. The molecule has 1 rings (SSSR count). The largest absolute Gasteiger partial charge is 0.491 e. The van der Waals surface area contributed by atoms with Gasteiger partial charge in [-0.1, -0.05) is 15.9 Å². The van der Waals surface area contributed by atoms with Gasteiger partial charge in [-0.3, -0.25) is 4.79 Å². The van der Waals surface area contributed by atoms with Crippen LogP contribution in [0.5, 0.6) is 5.75 Å². The van der Waals surface area contributed by atoms with Crippen LogP contribution in [0.4, 0.5) is 5.69 Å². The van der Waals surface area contributed by atoms with Crippen LogP contribution < -0.4 is 15.8 Å². The summed E-state index contributed by atoms with van der Waals surface area (Å²) in [6.45, 7) is 3.85. The van der Waals surface area contributed by atoms with Crippen molar-refractivity contribution < 1.29 is 9.53 Å². The maximum absolute atomic E-state index is 11.1. The first-order valence-electron chi connectivity index (χ1n) is 4.98. The SMILES string of the molecule is CC(C)Oc1cc(Br)cc(NC(=O)CN)c1.Cl. The first-order valence-corrected chi connectivity index (χ1v) is 5.77. The molecule has 0 aliphatic heterocycles. The predicted molar refractivity (Wildman–Crippen MR) is 74.8 cm³/mol. The summed E-state index contributed by atoms with van der Waals surface area (Å²) in [5.41, 5.74) is 5.89. The molecule has 1 aromatic carbocycles. The molecule has 0 aliphatic rings. The summed E-state index contributed by atoms with van der Waals surface area (Å²) in [5, 5.41) is 2.67. The average Bonchev–Trinajstić information content (AvgIpc) is 2.15. The van der Waals surface area contributed by atoms with Crippen molar-refractivity contribution in [1.82, 2.24) is 0 Å². The van der Waals surface area contributed by atoms with Gasteiger partial charge in [-0.2, -0.15) is 0 Å². The quantitative estimate of drug-likeness (QED) is 0.895. The van der Waals surface area contributed by atoms with E-state index in [4.69, 9.17) is 10.5 Å². The van der Waals surface area contributed by atoms with Crippen LogP contribution in [0.2, 0.25) is 0 Å². The van der Waals surface area contributed by atoms with E-state index in [1.54, 1.807) is 12.1 Å². The molecule has 6 heteroatoms. The molecule has 3 N–H and O–H groups in total. The van der Waals surface area contributed by atoms with Gasteiger partial charge in [0.15, 0.2) is 0 Å². The van der Waals surface area contributed by atoms with E-state index < -0.39 is 0 Å². The van der Waals surface area contributed by atoms with Crippen molar-refractivity contribution in [2.45, 2.75) is 20.0 Å². The Morgan fingerprint density at radius 2 is 2.12 bits per heavy atom. The molecule has 0 bridgehead atoms. The van der Waals surface area contributed by atoms with Crippen LogP contribution in [-0.4, -0.2) is 18.6 Å². The number of hydrogen-bond acceptors (Lipinski definition) is 3. The number of nitrogens with two attached hydrogens (primary N) is 1. The second-order valence-electron chi connectivity index (χ2n) is 3.59. The van der Waals surface area contributed by atoms with E-state index in [2.05, 4.69) is 21.2 Å². The molecule has 0 spiro atoms. The Balaban J connectivity index is 0.00000256.